The van der Waals surface area contributed by atoms with Crippen molar-refractivity contribution in [3.05, 3.63) is 0 Å². The first-order valence-corrected chi connectivity index (χ1v) is 4.46. The molecule has 72 valence electrons. The first kappa shape index (κ1) is 9.96. The Morgan fingerprint density at radius 1 is 1.67 bits per heavy atom. The molecule has 1 aliphatic heterocycles. The lowest BCUT2D eigenvalue weighted by molar-refractivity contribution is 0.0272. The highest BCUT2D eigenvalue weighted by Crippen LogP contribution is 2.28. The summed E-state index contributed by atoms with van der Waals surface area (Å²) in [5.41, 5.74) is 0. The molecule has 0 saturated carbocycles. The van der Waals surface area contributed by atoms with Crippen LogP contribution in [-0.4, -0.2) is 37.6 Å². The van der Waals surface area contributed by atoms with Gasteiger partial charge in [-0.25, -0.2) is 0 Å². The molecule has 1 N–H and O–H groups in total. The average molecular weight is 174 g/mol. The van der Waals surface area contributed by atoms with Crippen LogP contribution in [0.25, 0.3) is 0 Å². The van der Waals surface area contributed by atoms with Crippen LogP contribution < -0.4 is 0 Å². The van der Waals surface area contributed by atoms with Gasteiger partial charge in [-0.3, -0.25) is 0 Å². The molecule has 0 spiro atoms. The molecule has 1 aliphatic rings. The lowest BCUT2D eigenvalue weighted by Gasteiger charge is -2.21. The Bertz CT molecular complexity index is 138. The average Bonchev–Trinajstić information content (AvgIpc) is 2.45. The molecule has 12 heavy (non-hydrogen) atoms. The highest BCUT2D eigenvalue weighted by Gasteiger charge is 2.36. The lowest BCUT2D eigenvalue weighted by Crippen LogP contribution is -2.29. The number of aliphatic hydroxyl groups excluding tert-OH is 1. The van der Waals surface area contributed by atoms with E-state index in [0.717, 1.165) is 0 Å². The smallest absolute Gasteiger partial charge is 0.0855 e. The molecule has 3 nitrogen and oxygen atoms in total. The number of aliphatic hydroxyl groups is 1. The second-order valence-electron chi connectivity index (χ2n) is 3.59. The molecule has 3 heteroatoms. The second-order valence-corrected chi connectivity index (χ2v) is 3.59. The van der Waals surface area contributed by atoms with E-state index in [9.17, 15) is 0 Å². The van der Waals surface area contributed by atoms with E-state index < -0.39 is 0 Å². The fourth-order valence-electron chi connectivity index (χ4n) is 1.79. The standard InChI is InChI=1S/C9H18O3/c1-6(4-10)9-7(2)8(11-3)5-12-9/h6-10H,4-5H2,1-3H3. The van der Waals surface area contributed by atoms with E-state index in [1.807, 2.05) is 6.92 Å². The van der Waals surface area contributed by atoms with Gasteiger partial charge in [0, 0.05) is 25.6 Å². The van der Waals surface area contributed by atoms with Gasteiger partial charge in [0.2, 0.25) is 0 Å². The van der Waals surface area contributed by atoms with Gasteiger partial charge in [0.15, 0.2) is 0 Å². The quantitative estimate of drug-likeness (QED) is 0.683. The minimum Gasteiger partial charge on any atom is -0.396 e. The number of ether oxygens (including phenoxy) is 2. The normalized spacial score (nSPS) is 38.5. The maximum Gasteiger partial charge on any atom is 0.0855 e. The van der Waals surface area contributed by atoms with Gasteiger partial charge in [0.1, 0.15) is 0 Å². The van der Waals surface area contributed by atoms with Crippen molar-refractivity contribution < 1.29 is 14.6 Å². The predicted octanol–water partition coefficient (Wildman–Crippen LogP) is 0.665. The van der Waals surface area contributed by atoms with Crippen molar-refractivity contribution in [3.8, 4) is 0 Å². The molecule has 0 aromatic carbocycles. The van der Waals surface area contributed by atoms with Crippen LogP contribution in [0.5, 0.6) is 0 Å². The molecule has 0 bridgehead atoms. The summed E-state index contributed by atoms with van der Waals surface area (Å²) in [7, 11) is 1.70. The van der Waals surface area contributed by atoms with E-state index in [1.165, 1.54) is 0 Å². The zero-order valence-corrected chi connectivity index (χ0v) is 7.99. The molecule has 1 saturated heterocycles. The summed E-state index contributed by atoms with van der Waals surface area (Å²) in [5.74, 6) is 0.595. The monoisotopic (exact) mass is 174 g/mol. The van der Waals surface area contributed by atoms with E-state index in [0.29, 0.717) is 12.5 Å². The molecular weight excluding hydrogens is 156 g/mol. The Kier molecular flexibility index (Phi) is 3.50. The Morgan fingerprint density at radius 3 is 2.75 bits per heavy atom. The van der Waals surface area contributed by atoms with E-state index in [2.05, 4.69) is 6.92 Å². The topological polar surface area (TPSA) is 38.7 Å². The van der Waals surface area contributed by atoms with Gasteiger partial charge >= 0.3 is 0 Å². The molecule has 0 radical (unpaired) electrons. The maximum absolute atomic E-state index is 8.95. The van der Waals surface area contributed by atoms with E-state index in [1.54, 1.807) is 7.11 Å². The summed E-state index contributed by atoms with van der Waals surface area (Å²) >= 11 is 0. The summed E-state index contributed by atoms with van der Waals surface area (Å²) < 4.78 is 10.8. The van der Waals surface area contributed by atoms with Gasteiger partial charge in [0.25, 0.3) is 0 Å². The predicted molar refractivity (Wildman–Crippen MR) is 46.0 cm³/mol. The van der Waals surface area contributed by atoms with Crippen LogP contribution in [0.4, 0.5) is 0 Å². The van der Waals surface area contributed by atoms with Gasteiger partial charge in [-0.2, -0.15) is 0 Å². The highest BCUT2D eigenvalue weighted by molar-refractivity contribution is 4.84. The van der Waals surface area contributed by atoms with Crippen molar-refractivity contribution in [2.45, 2.75) is 26.1 Å². The maximum atomic E-state index is 8.95. The molecule has 1 rings (SSSR count). The molecular formula is C9H18O3. The van der Waals surface area contributed by atoms with Gasteiger partial charge in [-0.15, -0.1) is 0 Å². The molecule has 1 heterocycles. The van der Waals surface area contributed by atoms with Crippen LogP contribution in [0.2, 0.25) is 0 Å². The molecule has 0 aromatic heterocycles. The Balaban J connectivity index is 2.48. The van der Waals surface area contributed by atoms with Crippen LogP contribution >= 0.6 is 0 Å². The van der Waals surface area contributed by atoms with Crippen LogP contribution in [0, 0.1) is 11.8 Å². The molecule has 4 unspecified atom stereocenters. The zero-order valence-electron chi connectivity index (χ0n) is 7.99. The summed E-state index contributed by atoms with van der Waals surface area (Å²) in [4.78, 5) is 0. The molecule has 4 atom stereocenters. The molecule has 0 aromatic rings. The summed E-state index contributed by atoms with van der Waals surface area (Å²) in [6.07, 6.45) is 0.351. The number of hydrogen-bond donors (Lipinski definition) is 1. The molecule has 0 aliphatic carbocycles. The number of hydrogen-bond acceptors (Lipinski definition) is 3. The highest BCUT2D eigenvalue weighted by atomic mass is 16.5. The largest absolute Gasteiger partial charge is 0.396 e. The van der Waals surface area contributed by atoms with E-state index >= 15 is 0 Å². The summed E-state index contributed by atoms with van der Waals surface area (Å²) in [6, 6.07) is 0. The minimum atomic E-state index is 0.153. The molecule has 0 amide bonds. The van der Waals surface area contributed by atoms with Crippen LogP contribution in [0.3, 0.4) is 0 Å². The summed E-state index contributed by atoms with van der Waals surface area (Å²) in [6.45, 7) is 4.95. The Labute approximate surface area is 73.7 Å². The van der Waals surface area contributed by atoms with Crippen molar-refractivity contribution >= 4 is 0 Å². The van der Waals surface area contributed by atoms with Gasteiger partial charge < -0.3 is 14.6 Å². The van der Waals surface area contributed by atoms with Crippen molar-refractivity contribution in [2.75, 3.05) is 20.3 Å². The van der Waals surface area contributed by atoms with Crippen molar-refractivity contribution in [1.29, 1.82) is 0 Å². The van der Waals surface area contributed by atoms with Crippen LogP contribution in [-0.2, 0) is 9.47 Å². The van der Waals surface area contributed by atoms with E-state index in [-0.39, 0.29) is 24.7 Å². The third-order valence-electron chi connectivity index (χ3n) is 2.71. The van der Waals surface area contributed by atoms with Gasteiger partial charge in [-0.05, 0) is 0 Å². The second kappa shape index (κ2) is 4.21. The van der Waals surface area contributed by atoms with Crippen molar-refractivity contribution in [2.24, 2.45) is 11.8 Å². The van der Waals surface area contributed by atoms with E-state index in [4.69, 9.17) is 14.6 Å². The first-order chi connectivity index (χ1) is 5.70. The fourth-order valence-corrected chi connectivity index (χ4v) is 1.79. The van der Waals surface area contributed by atoms with Gasteiger partial charge in [0.05, 0.1) is 18.8 Å². The lowest BCUT2D eigenvalue weighted by atomic mass is 9.92. The Morgan fingerprint density at radius 2 is 2.33 bits per heavy atom. The number of methoxy groups -OCH3 is 1. The zero-order chi connectivity index (χ0) is 9.14. The minimum absolute atomic E-state index is 0.153. The third-order valence-corrected chi connectivity index (χ3v) is 2.71. The third kappa shape index (κ3) is 1.79. The Hall–Kier alpha value is -0.120. The fraction of sp³-hybridized carbons (Fsp3) is 1.00. The van der Waals surface area contributed by atoms with Crippen molar-refractivity contribution in [3.63, 3.8) is 0 Å². The van der Waals surface area contributed by atoms with Crippen LogP contribution in [0.15, 0.2) is 0 Å². The first-order valence-electron chi connectivity index (χ1n) is 4.46. The summed E-state index contributed by atoms with van der Waals surface area (Å²) in [5, 5.41) is 8.95. The van der Waals surface area contributed by atoms with Crippen LogP contribution in [0.1, 0.15) is 13.8 Å². The molecule has 1 fully saturated rings. The van der Waals surface area contributed by atoms with Crippen molar-refractivity contribution in [1.82, 2.24) is 0 Å². The van der Waals surface area contributed by atoms with Gasteiger partial charge in [-0.1, -0.05) is 13.8 Å². The SMILES string of the molecule is COC1COC(C(C)CO)C1C. The number of rotatable bonds is 3.